The van der Waals surface area contributed by atoms with Crippen molar-refractivity contribution in [2.45, 2.75) is 18.2 Å². The van der Waals surface area contributed by atoms with E-state index in [2.05, 4.69) is 5.32 Å². The Balaban J connectivity index is 2.84. The first-order valence-electron chi connectivity index (χ1n) is 5.65. The summed E-state index contributed by atoms with van der Waals surface area (Å²) in [6.07, 6.45) is -2.47. The van der Waals surface area contributed by atoms with Crippen molar-refractivity contribution in [3.63, 3.8) is 0 Å². The number of thioether (sulfide) groups is 1. The lowest BCUT2D eigenvalue weighted by atomic mass is 10.1. The molecule has 0 saturated heterocycles. The van der Waals surface area contributed by atoms with E-state index in [4.69, 9.17) is 5.73 Å². The average Bonchev–Trinajstić information content (AvgIpc) is 2.36. The number of halogens is 3. The maximum absolute atomic E-state index is 13.1. The second kappa shape index (κ2) is 7.40. The topological polar surface area (TPSA) is 55.1 Å². The summed E-state index contributed by atoms with van der Waals surface area (Å²) < 4.78 is 37.5. The molecule has 19 heavy (non-hydrogen) atoms. The van der Waals surface area contributed by atoms with Gasteiger partial charge in [-0.15, -0.1) is 11.8 Å². The zero-order valence-electron chi connectivity index (χ0n) is 10.3. The van der Waals surface area contributed by atoms with Crippen molar-refractivity contribution < 1.29 is 18.0 Å². The third kappa shape index (κ3) is 5.12. The number of carbonyl (C=O) groups excluding carboxylic acids is 1. The number of benzene rings is 1. The highest BCUT2D eigenvalue weighted by Crippen LogP contribution is 2.29. The Morgan fingerprint density at radius 3 is 2.74 bits per heavy atom. The van der Waals surface area contributed by atoms with Crippen LogP contribution in [0.1, 0.15) is 6.92 Å². The predicted molar refractivity (Wildman–Crippen MR) is 70.0 cm³/mol. The number of nitrogens with two attached hydrogens (primary N) is 1. The fourth-order valence-electron chi connectivity index (χ4n) is 1.24. The zero-order chi connectivity index (χ0) is 14.4. The van der Waals surface area contributed by atoms with Gasteiger partial charge in [0.15, 0.2) is 0 Å². The summed E-state index contributed by atoms with van der Waals surface area (Å²) >= 11 is 0.863. The molecule has 0 heterocycles. The van der Waals surface area contributed by atoms with E-state index in [0.29, 0.717) is 4.90 Å². The molecule has 1 amide bonds. The summed E-state index contributed by atoms with van der Waals surface area (Å²) in [5.41, 5.74) is 5.54. The van der Waals surface area contributed by atoms with Crippen molar-refractivity contribution >= 4 is 23.4 Å². The molecule has 1 aromatic rings. The highest BCUT2D eigenvalue weighted by atomic mass is 32.2. The minimum Gasteiger partial charge on any atom is -0.330 e. The number of alkyl halides is 2. The fraction of sp³-hybridized carbons (Fsp3) is 0.417. The summed E-state index contributed by atoms with van der Waals surface area (Å²) in [7, 11) is 0. The molecule has 3 nitrogen and oxygen atoms in total. The molecule has 1 unspecified atom stereocenters. The maximum Gasteiger partial charge on any atom is 0.247 e. The van der Waals surface area contributed by atoms with E-state index in [-0.39, 0.29) is 18.1 Å². The Morgan fingerprint density at radius 2 is 2.16 bits per heavy atom. The Morgan fingerprint density at radius 1 is 1.47 bits per heavy atom. The summed E-state index contributed by atoms with van der Waals surface area (Å²) in [4.78, 5) is 12.1. The molecule has 0 spiro atoms. The first kappa shape index (κ1) is 15.8. The molecule has 0 bridgehead atoms. The highest BCUT2D eigenvalue weighted by Gasteiger charge is 2.15. The number of anilines is 1. The lowest BCUT2D eigenvalue weighted by Crippen LogP contribution is -2.26. The lowest BCUT2D eigenvalue weighted by Gasteiger charge is -2.13. The molecule has 0 saturated carbocycles. The molecule has 106 valence electrons. The third-order valence-corrected chi connectivity index (χ3v) is 3.45. The number of rotatable bonds is 6. The second-order valence-electron chi connectivity index (χ2n) is 3.97. The van der Waals surface area contributed by atoms with Gasteiger partial charge < -0.3 is 11.1 Å². The number of carbonyl (C=O) groups is 1. The molecule has 0 fully saturated rings. The van der Waals surface area contributed by atoms with Crippen molar-refractivity contribution in [1.29, 1.82) is 0 Å². The van der Waals surface area contributed by atoms with Crippen molar-refractivity contribution in [2.24, 2.45) is 11.7 Å². The second-order valence-corrected chi connectivity index (χ2v) is 5.03. The highest BCUT2D eigenvalue weighted by molar-refractivity contribution is 7.99. The van der Waals surface area contributed by atoms with Crippen molar-refractivity contribution in [3.05, 3.63) is 24.0 Å². The van der Waals surface area contributed by atoms with Crippen LogP contribution in [0.4, 0.5) is 18.9 Å². The van der Waals surface area contributed by atoms with E-state index < -0.39 is 23.9 Å². The molecule has 7 heteroatoms. The molecule has 0 aliphatic heterocycles. The lowest BCUT2D eigenvalue weighted by molar-refractivity contribution is -0.119. The quantitative estimate of drug-likeness (QED) is 0.793. The standard InChI is InChI=1S/C12H15F3N2OS/c1-7(5-16)12(18)17-9-4-8(13)2-3-10(9)19-6-11(14)15/h2-4,7,11H,5-6,16H2,1H3,(H,17,18). The Labute approximate surface area is 113 Å². The molecule has 1 rings (SSSR count). The molecule has 1 aromatic carbocycles. The van der Waals surface area contributed by atoms with Gasteiger partial charge in [-0.25, -0.2) is 13.2 Å². The van der Waals surface area contributed by atoms with Gasteiger partial charge >= 0.3 is 0 Å². The molecule has 0 aliphatic carbocycles. The summed E-state index contributed by atoms with van der Waals surface area (Å²) in [5, 5.41) is 2.50. The molecule has 0 aromatic heterocycles. The van der Waals surface area contributed by atoms with Gasteiger partial charge in [0.25, 0.3) is 0 Å². The average molecular weight is 292 g/mol. The van der Waals surface area contributed by atoms with Gasteiger partial charge in [0, 0.05) is 17.4 Å². The van der Waals surface area contributed by atoms with E-state index in [9.17, 15) is 18.0 Å². The minimum atomic E-state index is -2.47. The van der Waals surface area contributed by atoms with Gasteiger partial charge in [0.2, 0.25) is 12.3 Å². The van der Waals surface area contributed by atoms with Crippen LogP contribution < -0.4 is 11.1 Å². The summed E-state index contributed by atoms with van der Waals surface area (Å²) in [6.45, 7) is 1.78. The van der Waals surface area contributed by atoms with Gasteiger partial charge in [-0.1, -0.05) is 6.92 Å². The fourth-order valence-corrected chi connectivity index (χ4v) is 1.98. The first-order valence-corrected chi connectivity index (χ1v) is 6.64. The number of nitrogens with one attached hydrogen (secondary N) is 1. The van der Waals surface area contributed by atoms with Crippen molar-refractivity contribution in [2.75, 3.05) is 17.6 Å². The van der Waals surface area contributed by atoms with E-state index in [0.717, 1.165) is 23.9 Å². The monoisotopic (exact) mass is 292 g/mol. The molecular weight excluding hydrogens is 277 g/mol. The molecular formula is C12H15F3N2OS. The molecule has 0 radical (unpaired) electrons. The van der Waals surface area contributed by atoms with Gasteiger partial charge in [-0.3, -0.25) is 4.79 Å². The Hall–Kier alpha value is -1.21. The Bertz CT molecular complexity index is 443. The normalized spacial score (nSPS) is 12.5. The zero-order valence-corrected chi connectivity index (χ0v) is 11.1. The van der Waals surface area contributed by atoms with Gasteiger partial charge in [0.05, 0.1) is 11.4 Å². The number of hydrogen-bond acceptors (Lipinski definition) is 3. The predicted octanol–water partition coefficient (Wildman–Crippen LogP) is 2.72. The van der Waals surface area contributed by atoms with Gasteiger partial charge in [-0.2, -0.15) is 0 Å². The molecule has 3 N–H and O–H groups in total. The van der Waals surface area contributed by atoms with E-state index in [1.165, 1.54) is 6.07 Å². The van der Waals surface area contributed by atoms with Crippen LogP contribution in [0.3, 0.4) is 0 Å². The molecule has 1 atom stereocenters. The number of amides is 1. The summed E-state index contributed by atoms with van der Waals surface area (Å²) in [5.74, 6) is -1.76. The van der Waals surface area contributed by atoms with Crippen molar-refractivity contribution in [3.8, 4) is 0 Å². The molecule has 0 aliphatic rings. The van der Waals surface area contributed by atoms with Crippen molar-refractivity contribution in [1.82, 2.24) is 0 Å². The van der Waals surface area contributed by atoms with Crippen LogP contribution in [-0.2, 0) is 4.79 Å². The van der Waals surface area contributed by atoms with Crippen LogP contribution in [0.15, 0.2) is 23.1 Å². The van der Waals surface area contributed by atoms with E-state index >= 15 is 0 Å². The SMILES string of the molecule is CC(CN)C(=O)Nc1cc(F)ccc1SCC(F)F. The van der Waals surface area contributed by atoms with Crippen LogP contribution in [0.5, 0.6) is 0 Å². The Kier molecular flexibility index (Phi) is 6.17. The van der Waals surface area contributed by atoms with Crippen LogP contribution >= 0.6 is 11.8 Å². The van der Waals surface area contributed by atoms with Crippen LogP contribution in [0.2, 0.25) is 0 Å². The first-order chi connectivity index (χ1) is 8.93. The van der Waals surface area contributed by atoms with Gasteiger partial charge in [0.1, 0.15) is 5.82 Å². The van der Waals surface area contributed by atoms with Crippen LogP contribution in [-0.4, -0.2) is 24.6 Å². The smallest absolute Gasteiger partial charge is 0.247 e. The third-order valence-electron chi connectivity index (χ3n) is 2.37. The summed E-state index contributed by atoms with van der Waals surface area (Å²) in [6, 6.07) is 3.63. The number of hydrogen-bond donors (Lipinski definition) is 2. The minimum absolute atomic E-state index is 0.153. The van der Waals surface area contributed by atoms with E-state index in [1.54, 1.807) is 6.92 Å². The van der Waals surface area contributed by atoms with Crippen LogP contribution in [0.25, 0.3) is 0 Å². The largest absolute Gasteiger partial charge is 0.330 e. The van der Waals surface area contributed by atoms with E-state index in [1.807, 2.05) is 0 Å². The maximum atomic E-state index is 13.1. The van der Waals surface area contributed by atoms with Gasteiger partial charge in [-0.05, 0) is 18.2 Å². The van der Waals surface area contributed by atoms with Crippen LogP contribution in [0, 0.1) is 11.7 Å².